The Balaban J connectivity index is 1.62. The summed E-state index contributed by atoms with van der Waals surface area (Å²) in [6, 6.07) is 6.56. The maximum absolute atomic E-state index is 12.8. The van der Waals surface area contributed by atoms with Crippen LogP contribution in [0.2, 0.25) is 0 Å². The molecule has 136 valence electrons. The summed E-state index contributed by atoms with van der Waals surface area (Å²) in [4.78, 5) is 2.44. The van der Waals surface area contributed by atoms with Crippen molar-refractivity contribution in [1.29, 1.82) is 0 Å². The van der Waals surface area contributed by atoms with Crippen LogP contribution in [0.4, 0.5) is 0 Å². The molecule has 0 bridgehead atoms. The third-order valence-corrected chi connectivity index (χ3v) is 6.14. The van der Waals surface area contributed by atoms with E-state index in [0.717, 1.165) is 11.4 Å². The van der Waals surface area contributed by atoms with E-state index in [1.165, 1.54) is 4.31 Å². The van der Waals surface area contributed by atoms with E-state index in [4.69, 9.17) is 9.37 Å². The van der Waals surface area contributed by atoms with E-state index in [0.29, 0.717) is 50.0 Å². The second kappa shape index (κ2) is 7.51. The van der Waals surface area contributed by atoms with Crippen LogP contribution < -0.4 is 4.74 Å². The van der Waals surface area contributed by atoms with Gasteiger partial charge in [0.05, 0.1) is 11.5 Å². The summed E-state index contributed by atoms with van der Waals surface area (Å²) in [6.45, 7) is 7.07. The Hall–Kier alpha value is -1.97. The minimum atomic E-state index is -3.48. The average molecular weight is 366 g/mol. The van der Waals surface area contributed by atoms with Crippen molar-refractivity contribution in [3.63, 3.8) is 0 Å². The van der Waals surface area contributed by atoms with Crippen molar-refractivity contribution in [2.45, 2.75) is 25.3 Å². The SMILES string of the molecule is CCOc1ccc(S(=O)(=O)N2CCN(Cc3nonc3C)CC2)cc1. The largest absolute Gasteiger partial charge is 0.494 e. The fraction of sp³-hybridized carbons (Fsp3) is 0.500. The number of rotatable bonds is 6. The van der Waals surface area contributed by atoms with Gasteiger partial charge >= 0.3 is 0 Å². The summed E-state index contributed by atoms with van der Waals surface area (Å²) in [5.74, 6) is 0.669. The number of aryl methyl sites for hydroxylation is 1. The topological polar surface area (TPSA) is 88.8 Å². The second-order valence-electron chi connectivity index (χ2n) is 5.88. The van der Waals surface area contributed by atoms with Crippen molar-refractivity contribution >= 4 is 10.0 Å². The van der Waals surface area contributed by atoms with Crippen molar-refractivity contribution in [2.24, 2.45) is 0 Å². The van der Waals surface area contributed by atoms with Crippen molar-refractivity contribution in [3.8, 4) is 5.75 Å². The molecule has 0 spiro atoms. The van der Waals surface area contributed by atoms with Gasteiger partial charge in [0, 0.05) is 32.7 Å². The van der Waals surface area contributed by atoms with Crippen LogP contribution in [0.25, 0.3) is 0 Å². The van der Waals surface area contributed by atoms with Crippen LogP contribution in [0.3, 0.4) is 0 Å². The highest BCUT2D eigenvalue weighted by Gasteiger charge is 2.29. The van der Waals surface area contributed by atoms with Gasteiger partial charge < -0.3 is 4.74 Å². The molecular formula is C16H22N4O4S. The number of piperazine rings is 1. The van der Waals surface area contributed by atoms with Gasteiger partial charge in [-0.1, -0.05) is 10.3 Å². The Morgan fingerprint density at radius 1 is 1.12 bits per heavy atom. The average Bonchev–Trinajstić information content (AvgIpc) is 3.01. The molecule has 1 aliphatic rings. The Morgan fingerprint density at radius 3 is 2.36 bits per heavy atom. The van der Waals surface area contributed by atoms with Crippen LogP contribution in [-0.4, -0.2) is 60.7 Å². The first-order valence-corrected chi connectivity index (χ1v) is 9.68. The predicted molar refractivity (Wildman–Crippen MR) is 90.7 cm³/mol. The summed E-state index contributed by atoms with van der Waals surface area (Å²) in [6.07, 6.45) is 0. The number of nitrogens with zero attached hydrogens (tertiary/aromatic N) is 4. The fourth-order valence-electron chi connectivity index (χ4n) is 2.76. The minimum Gasteiger partial charge on any atom is -0.494 e. The smallest absolute Gasteiger partial charge is 0.243 e. The molecule has 0 saturated carbocycles. The number of benzene rings is 1. The fourth-order valence-corrected chi connectivity index (χ4v) is 4.18. The molecule has 0 aliphatic carbocycles. The van der Waals surface area contributed by atoms with Gasteiger partial charge in [0.15, 0.2) is 0 Å². The van der Waals surface area contributed by atoms with Gasteiger partial charge in [0.25, 0.3) is 0 Å². The normalized spacial score (nSPS) is 16.9. The molecule has 1 aliphatic heterocycles. The molecule has 8 nitrogen and oxygen atoms in total. The molecule has 1 aromatic carbocycles. The Morgan fingerprint density at radius 2 is 1.80 bits per heavy atom. The molecule has 0 radical (unpaired) electrons. The van der Waals surface area contributed by atoms with E-state index in [-0.39, 0.29) is 0 Å². The number of hydrogen-bond acceptors (Lipinski definition) is 7. The highest BCUT2D eigenvalue weighted by atomic mass is 32.2. The van der Waals surface area contributed by atoms with Crippen molar-refractivity contribution in [1.82, 2.24) is 19.5 Å². The monoisotopic (exact) mass is 366 g/mol. The van der Waals surface area contributed by atoms with E-state index in [2.05, 4.69) is 15.2 Å². The molecule has 9 heteroatoms. The molecule has 3 rings (SSSR count). The first-order valence-electron chi connectivity index (χ1n) is 8.24. The lowest BCUT2D eigenvalue weighted by atomic mass is 10.3. The molecule has 1 fully saturated rings. The summed E-state index contributed by atoms with van der Waals surface area (Å²) in [7, 11) is -3.48. The molecule has 0 atom stereocenters. The highest BCUT2D eigenvalue weighted by Crippen LogP contribution is 2.21. The third kappa shape index (κ3) is 4.00. The van der Waals surface area contributed by atoms with Gasteiger partial charge in [0.2, 0.25) is 10.0 Å². The van der Waals surface area contributed by atoms with Crippen LogP contribution in [0.15, 0.2) is 33.8 Å². The van der Waals surface area contributed by atoms with Gasteiger partial charge in [-0.05, 0) is 38.1 Å². The molecule has 2 heterocycles. The Bertz CT molecular complexity index is 796. The van der Waals surface area contributed by atoms with Crippen molar-refractivity contribution in [2.75, 3.05) is 32.8 Å². The molecule has 0 N–H and O–H groups in total. The van der Waals surface area contributed by atoms with Crippen LogP contribution in [-0.2, 0) is 16.6 Å². The van der Waals surface area contributed by atoms with Gasteiger partial charge in [-0.3, -0.25) is 4.90 Å². The lowest BCUT2D eigenvalue weighted by molar-refractivity contribution is 0.176. The number of ether oxygens (including phenoxy) is 1. The third-order valence-electron chi connectivity index (χ3n) is 4.22. The van der Waals surface area contributed by atoms with Gasteiger partial charge in [0.1, 0.15) is 17.1 Å². The van der Waals surface area contributed by atoms with Crippen LogP contribution in [0.5, 0.6) is 5.75 Å². The zero-order chi connectivity index (χ0) is 17.9. The number of aromatic nitrogens is 2. The maximum Gasteiger partial charge on any atom is 0.243 e. The first-order chi connectivity index (χ1) is 12.0. The first kappa shape index (κ1) is 17.8. The number of sulfonamides is 1. The Kier molecular flexibility index (Phi) is 5.36. The standard InChI is InChI=1S/C16H22N4O4S/c1-3-23-14-4-6-15(7-5-14)25(21,22)20-10-8-19(9-11-20)12-16-13(2)17-24-18-16/h4-7H,3,8-12H2,1-2H3. The van der Waals surface area contributed by atoms with Gasteiger partial charge in [-0.2, -0.15) is 4.31 Å². The van der Waals surface area contributed by atoms with Crippen molar-refractivity contribution in [3.05, 3.63) is 35.7 Å². The molecule has 25 heavy (non-hydrogen) atoms. The molecule has 1 aromatic heterocycles. The Labute approximate surface area is 147 Å². The summed E-state index contributed by atoms with van der Waals surface area (Å²) in [5, 5.41) is 7.64. The van der Waals surface area contributed by atoms with Gasteiger partial charge in [-0.25, -0.2) is 13.0 Å². The molecule has 0 amide bonds. The quantitative estimate of drug-likeness (QED) is 0.761. The van der Waals surface area contributed by atoms with E-state index in [1.807, 2.05) is 13.8 Å². The van der Waals surface area contributed by atoms with Crippen LogP contribution in [0, 0.1) is 6.92 Å². The van der Waals surface area contributed by atoms with Crippen molar-refractivity contribution < 1.29 is 17.8 Å². The lowest BCUT2D eigenvalue weighted by Crippen LogP contribution is -2.48. The zero-order valence-corrected chi connectivity index (χ0v) is 15.2. The predicted octanol–water partition coefficient (Wildman–Crippen LogP) is 1.28. The van der Waals surface area contributed by atoms with E-state index in [1.54, 1.807) is 24.3 Å². The second-order valence-corrected chi connectivity index (χ2v) is 7.82. The molecular weight excluding hydrogens is 344 g/mol. The van der Waals surface area contributed by atoms with Gasteiger partial charge in [-0.15, -0.1) is 0 Å². The molecule has 0 unspecified atom stereocenters. The van der Waals surface area contributed by atoms with E-state index >= 15 is 0 Å². The zero-order valence-electron chi connectivity index (χ0n) is 14.4. The molecule has 2 aromatic rings. The van der Waals surface area contributed by atoms with E-state index < -0.39 is 10.0 Å². The minimum absolute atomic E-state index is 0.293. The summed E-state index contributed by atoms with van der Waals surface area (Å²) < 4.78 is 37.1. The van der Waals surface area contributed by atoms with E-state index in [9.17, 15) is 8.42 Å². The lowest BCUT2D eigenvalue weighted by Gasteiger charge is -2.33. The highest BCUT2D eigenvalue weighted by molar-refractivity contribution is 7.89. The van der Waals surface area contributed by atoms with Crippen LogP contribution in [0.1, 0.15) is 18.3 Å². The summed E-state index contributed by atoms with van der Waals surface area (Å²) in [5.41, 5.74) is 1.56. The number of hydrogen-bond donors (Lipinski definition) is 0. The maximum atomic E-state index is 12.8. The molecule has 1 saturated heterocycles. The summed E-state index contributed by atoms with van der Waals surface area (Å²) >= 11 is 0. The van der Waals surface area contributed by atoms with Crippen LogP contribution >= 0.6 is 0 Å².